The third kappa shape index (κ3) is 5.22. The summed E-state index contributed by atoms with van der Waals surface area (Å²) in [7, 11) is 0.452. The SMILES string of the molecule is COc1ccc(-c2c(C=O)nc(-c3ccccc3)n2COCC[Si](C)(C)C)cc1. The van der Waals surface area contributed by atoms with Crippen molar-refractivity contribution in [3.63, 3.8) is 0 Å². The summed E-state index contributed by atoms with van der Waals surface area (Å²) in [5.74, 6) is 1.49. The van der Waals surface area contributed by atoms with Crippen LogP contribution >= 0.6 is 0 Å². The molecular formula is C23H28N2O3Si. The quantitative estimate of drug-likeness (QED) is 0.272. The Hall–Kier alpha value is -2.70. The van der Waals surface area contributed by atoms with Gasteiger partial charge in [-0.3, -0.25) is 9.36 Å². The Balaban J connectivity index is 2.02. The molecule has 29 heavy (non-hydrogen) atoms. The summed E-state index contributed by atoms with van der Waals surface area (Å²) in [6.45, 7) is 8.03. The Bertz CT molecular complexity index is 945. The van der Waals surface area contributed by atoms with Crippen LogP contribution in [0.5, 0.6) is 5.75 Å². The largest absolute Gasteiger partial charge is 0.497 e. The lowest BCUT2D eigenvalue weighted by Gasteiger charge is -2.17. The van der Waals surface area contributed by atoms with Crippen molar-refractivity contribution in [3.8, 4) is 28.4 Å². The van der Waals surface area contributed by atoms with Gasteiger partial charge in [-0.25, -0.2) is 4.98 Å². The van der Waals surface area contributed by atoms with E-state index in [1.807, 2.05) is 59.2 Å². The van der Waals surface area contributed by atoms with E-state index in [-0.39, 0.29) is 0 Å². The minimum absolute atomic E-state index is 0.344. The molecule has 0 N–H and O–H groups in total. The van der Waals surface area contributed by atoms with Crippen LogP contribution in [-0.2, 0) is 11.5 Å². The van der Waals surface area contributed by atoms with Gasteiger partial charge in [-0.2, -0.15) is 0 Å². The van der Waals surface area contributed by atoms with Crippen LogP contribution in [0, 0.1) is 0 Å². The Kier molecular flexibility index (Phi) is 6.66. The van der Waals surface area contributed by atoms with Crippen LogP contribution in [0.25, 0.3) is 22.6 Å². The molecule has 0 aliphatic heterocycles. The molecule has 0 saturated heterocycles. The average Bonchev–Trinajstić information content (AvgIpc) is 3.10. The molecule has 0 saturated carbocycles. The molecule has 0 bridgehead atoms. The predicted molar refractivity (Wildman–Crippen MR) is 119 cm³/mol. The van der Waals surface area contributed by atoms with Gasteiger partial charge in [0.1, 0.15) is 24.0 Å². The topological polar surface area (TPSA) is 53.3 Å². The van der Waals surface area contributed by atoms with E-state index in [0.29, 0.717) is 19.0 Å². The summed E-state index contributed by atoms with van der Waals surface area (Å²) >= 11 is 0. The van der Waals surface area contributed by atoms with Gasteiger partial charge in [-0.05, 0) is 30.3 Å². The van der Waals surface area contributed by atoms with E-state index < -0.39 is 8.07 Å². The summed E-state index contributed by atoms with van der Waals surface area (Å²) in [6, 6.07) is 18.6. The van der Waals surface area contributed by atoms with Gasteiger partial charge < -0.3 is 9.47 Å². The maximum Gasteiger partial charge on any atom is 0.170 e. The molecule has 0 fully saturated rings. The molecule has 0 radical (unpaired) electrons. The van der Waals surface area contributed by atoms with Gasteiger partial charge in [0.05, 0.1) is 12.8 Å². The molecule has 0 aliphatic carbocycles. The molecular weight excluding hydrogens is 380 g/mol. The second kappa shape index (κ2) is 9.20. The van der Waals surface area contributed by atoms with Crippen molar-refractivity contribution in [2.24, 2.45) is 0 Å². The van der Waals surface area contributed by atoms with E-state index in [2.05, 4.69) is 24.6 Å². The molecule has 5 nitrogen and oxygen atoms in total. The lowest BCUT2D eigenvalue weighted by molar-refractivity contribution is 0.0892. The fourth-order valence-corrected chi connectivity index (χ4v) is 3.83. The van der Waals surface area contributed by atoms with Crippen LogP contribution in [0.2, 0.25) is 25.7 Å². The smallest absolute Gasteiger partial charge is 0.170 e. The zero-order valence-corrected chi connectivity index (χ0v) is 18.5. The summed E-state index contributed by atoms with van der Waals surface area (Å²) in [4.78, 5) is 16.5. The van der Waals surface area contributed by atoms with Crippen molar-refractivity contribution in [1.29, 1.82) is 0 Å². The van der Waals surface area contributed by atoms with Gasteiger partial charge in [0.15, 0.2) is 6.29 Å². The molecule has 3 aromatic rings. The van der Waals surface area contributed by atoms with E-state index in [1.165, 1.54) is 0 Å². The highest BCUT2D eigenvalue weighted by Gasteiger charge is 2.20. The summed E-state index contributed by atoms with van der Waals surface area (Å²) < 4.78 is 13.3. The van der Waals surface area contributed by atoms with Crippen LogP contribution in [0.15, 0.2) is 54.6 Å². The van der Waals surface area contributed by atoms with Gasteiger partial charge in [0.25, 0.3) is 0 Å². The maximum absolute atomic E-state index is 11.8. The molecule has 0 atom stereocenters. The number of methoxy groups -OCH3 is 1. The predicted octanol–water partition coefficient (Wildman–Crippen LogP) is 5.35. The number of benzene rings is 2. The Morgan fingerprint density at radius 2 is 1.69 bits per heavy atom. The number of imidazole rings is 1. The van der Waals surface area contributed by atoms with Gasteiger partial charge in [-0.15, -0.1) is 0 Å². The highest BCUT2D eigenvalue weighted by molar-refractivity contribution is 6.76. The molecule has 0 unspecified atom stereocenters. The maximum atomic E-state index is 11.8. The van der Waals surface area contributed by atoms with Crippen LogP contribution in [0.4, 0.5) is 0 Å². The second-order valence-corrected chi connectivity index (χ2v) is 13.8. The van der Waals surface area contributed by atoms with Crippen LogP contribution in [0.3, 0.4) is 0 Å². The van der Waals surface area contributed by atoms with Gasteiger partial charge in [-0.1, -0.05) is 50.0 Å². The van der Waals surface area contributed by atoms with Crippen molar-refractivity contribution in [1.82, 2.24) is 9.55 Å². The van der Waals surface area contributed by atoms with E-state index in [4.69, 9.17) is 9.47 Å². The third-order valence-corrected chi connectivity index (χ3v) is 6.42. The lowest BCUT2D eigenvalue weighted by Crippen LogP contribution is -2.22. The molecule has 0 aliphatic rings. The third-order valence-electron chi connectivity index (χ3n) is 4.72. The first-order valence-electron chi connectivity index (χ1n) is 9.76. The average molecular weight is 409 g/mol. The van der Waals surface area contributed by atoms with E-state index in [0.717, 1.165) is 40.7 Å². The molecule has 0 amide bonds. The first-order valence-corrected chi connectivity index (χ1v) is 13.5. The fourth-order valence-electron chi connectivity index (χ4n) is 3.07. The standard InChI is InChI=1S/C23H28N2O3Si/c1-27-20-12-10-18(11-13-20)22-21(16-26)24-23(19-8-6-5-7-9-19)25(22)17-28-14-15-29(2,3)4/h5-13,16H,14-15,17H2,1-4H3. The van der Waals surface area contributed by atoms with Crippen molar-refractivity contribution >= 4 is 14.4 Å². The van der Waals surface area contributed by atoms with Gasteiger partial charge >= 0.3 is 0 Å². The molecule has 2 aromatic carbocycles. The number of ether oxygens (including phenoxy) is 2. The van der Waals surface area contributed by atoms with Crippen LogP contribution < -0.4 is 4.74 Å². The molecule has 3 rings (SSSR count). The monoisotopic (exact) mass is 408 g/mol. The first kappa shape index (κ1) is 21.0. The van der Waals surface area contributed by atoms with E-state index >= 15 is 0 Å². The zero-order valence-electron chi connectivity index (χ0n) is 17.5. The van der Waals surface area contributed by atoms with Crippen molar-refractivity contribution in [2.75, 3.05) is 13.7 Å². The number of hydrogen-bond acceptors (Lipinski definition) is 4. The van der Waals surface area contributed by atoms with E-state index in [1.54, 1.807) is 7.11 Å². The van der Waals surface area contributed by atoms with Crippen molar-refractivity contribution in [2.45, 2.75) is 32.4 Å². The number of carbonyl (C=O) groups is 1. The van der Waals surface area contributed by atoms with Crippen molar-refractivity contribution in [3.05, 3.63) is 60.3 Å². The molecule has 152 valence electrons. The van der Waals surface area contributed by atoms with Gasteiger partial charge in [0.2, 0.25) is 0 Å². The normalized spacial score (nSPS) is 11.4. The van der Waals surface area contributed by atoms with Crippen LogP contribution in [0.1, 0.15) is 10.5 Å². The number of carbonyl (C=O) groups excluding carboxylic acids is 1. The second-order valence-electron chi connectivity index (χ2n) is 8.16. The Morgan fingerprint density at radius 3 is 2.28 bits per heavy atom. The number of rotatable bonds is 9. The fraction of sp³-hybridized carbons (Fsp3) is 0.304. The zero-order chi connectivity index (χ0) is 20.9. The molecule has 6 heteroatoms. The highest BCUT2D eigenvalue weighted by atomic mass is 28.3. The minimum Gasteiger partial charge on any atom is -0.497 e. The molecule has 1 heterocycles. The van der Waals surface area contributed by atoms with Crippen molar-refractivity contribution < 1.29 is 14.3 Å². The highest BCUT2D eigenvalue weighted by Crippen LogP contribution is 2.31. The first-order chi connectivity index (χ1) is 13.9. The van der Waals surface area contributed by atoms with Gasteiger partial charge in [0, 0.05) is 25.8 Å². The molecule has 0 spiro atoms. The summed E-state index contributed by atoms with van der Waals surface area (Å²) in [5.41, 5.74) is 3.01. The number of hydrogen-bond donors (Lipinski definition) is 0. The Morgan fingerprint density at radius 1 is 1.00 bits per heavy atom. The summed E-state index contributed by atoms with van der Waals surface area (Å²) in [6.07, 6.45) is 0.810. The number of nitrogens with zero attached hydrogens (tertiary/aromatic N) is 2. The van der Waals surface area contributed by atoms with Crippen LogP contribution in [-0.4, -0.2) is 37.6 Å². The van der Waals surface area contributed by atoms with E-state index in [9.17, 15) is 4.79 Å². The number of aromatic nitrogens is 2. The number of aldehydes is 1. The summed E-state index contributed by atoms with van der Waals surface area (Å²) in [5, 5.41) is 0. The molecule has 1 aromatic heterocycles. The lowest BCUT2D eigenvalue weighted by atomic mass is 10.1. The minimum atomic E-state index is -1.18. The Labute approximate surface area is 173 Å².